The van der Waals surface area contributed by atoms with Crippen molar-refractivity contribution in [2.75, 3.05) is 13.1 Å². The van der Waals surface area contributed by atoms with Crippen LogP contribution >= 0.6 is 0 Å². The molecule has 5 heteroatoms. The van der Waals surface area contributed by atoms with E-state index in [9.17, 15) is 4.79 Å². The van der Waals surface area contributed by atoms with E-state index in [0.717, 1.165) is 6.54 Å². The van der Waals surface area contributed by atoms with E-state index in [1.165, 1.54) is 16.3 Å². The fourth-order valence-electron chi connectivity index (χ4n) is 3.86. The van der Waals surface area contributed by atoms with Gasteiger partial charge in [0, 0.05) is 37.4 Å². The number of hydrogen-bond donors (Lipinski definition) is 3. The van der Waals surface area contributed by atoms with Crippen LogP contribution in [0.1, 0.15) is 24.9 Å². The zero-order valence-corrected chi connectivity index (χ0v) is 15.6. The van der Waals surface area contributed by atoms with Crippen LogP contribution in [0.3, 0.4) is 0 Å². The van der Waals surface area contributed by atoms with Gasteiger partial charge in [-0.05, 0) is 35.4 Å². The summed E-state index contributed by atoms with van der Waals surface area (Å²) >= 11 is 0. The standard InChI is InChI=1S/C22H26N4O/c1-16-18(15-24-25-16)14-23-22(27)13-21(26-11-4-5-12-26)20-10-6-8-17-7-2-3-9-19(17)20/h2-12,16,18,21,24-25H,13-15H2,1H3,(H,23,27). The van der Waals surface area contributed by atoms with Crippen molar-refractivity contribution in [1.82, 2.24) is 20.7 Å². The quantitative estimate of drug-likeness (QED) is 0.632. The van der Waals surface area contributed by atoms with Gasteiger partial charge in [0.1, 0.15) is 0 Å². The van der Waals surface area contributed by atoms with E-state index in [1.54, 1.807) is 0 Å². The van der Waals surface area contributed by atoms with Gasteiger partial charge in [0.2, 0.25) is 5.91 Å². The summed E-state index contributed by atoms with van der Waals surface area (Å²) in [6.07, 6.45) is 4.49. The summed E-state index contributed by atoms with van der Waals surface area (Å²) in [6.45, 7) is 3.70. The molecule has 3 aromatic rings. The number of amides is 1. The summed E-state index contributed by atoms with van der Waals surface area (Å²) in [6, 6.07) is 19.0. The van der Waals surface area contributed by atoms with E-state index in [1.807, 2.05) is 30.6 Å². The van der Waals surface area contributed by atoms with E-state index in [2.05, 4.69) is 64.1 Å². The molecule has 0 spiro atoms. The molecule has 2 aromatic carbocycles. The Labute approximate surface area is 159 Å². The number of nitrogens with one attached hydrogen (secondary N) is 3. The predicted octanol–water partition coefficient (Wildman–Crippen LogP) is 2.85. The SMILES string of the molecule is CC1NNCC1CNC(=O)CC(c1cccc2ccccc12)n1cccc1. The molecule has 1 aliphatic heterocycles. The number of aromatic nitrogens is 1. The minimum atomic E-state index is -0.0247. The molecule has 3 unspecified atom stereocenters. The van der Waals surface area contributed by atoms with Crippen LogP contribution < -0.4 is 16.2 Å². The minimum absolute atomic E-state index is 0.0247. The number of fused-ring (bicyclic) bond motifs is 1. The third kappa shape index (κ3) is 3.89. The van der Waals surface area contributed by atoms with Crippen LogP contribution in [0.15, 0.2) is 67.0 Å². The fourth-order valence-corrected chi connectivity index (χ4v) is 3.86. The number of nitrogens with zero attached hydrogens (tertiary/aromatic N) is 1. The second kappa shape index (κ2) is 7.94. The van der Waals surface area contributed by atoms with Crippen molar-refractivity contribution in [1.29, 1.82) is 0 Å². The van der Waals surface area contributed by atoms with Gasteiger partial charge in [-0.15, -0.1) is 0 Å². The number of hydrazine groups is 1. The lowest BCUT2D eigenvalue weighted by molar-refractivity contribution is -0.121. The molecule has 0 aliphatic carbocycles. The van der Waals surface area contributed by atoms with Crippen molar-refractivity contribution >= 4 is 16.7 Å². The summed E-state index contributed by atoms with van der Waals surface area (Å²) in [5.41, 5.74) is 7.52. The maximum Gasteiger partial charge on any atom is 0.222 e. The van der Waals surface area contributed by atoms with Crippen molar-refractivity contribution in [3.05, 3.63) is 72.6 Å². The highest BCUT2D eigenvalue weighted by atomic mass is 16.1. The summed E-state index contributed by atoms with van der Waals surface area (Å²) in [4.78, 5) is 12.8. The van der Waals surface area contributed by atoms with Gasteiger partial charge in [-0.3, -0.25) is 15.6 Å². The zero-order valence-electron chi connectivity index (χ0n) is 15.6. The Balaban J connectivity index is 1.56. The summed E-state index contributed by atoms with van der Waals surface area (Å²) in [5, 5.41) is 5.53. The van der Waals surface area contributed by atoms with Crippen molar-refractivity contribution < 1.29 is 4.79 Å². The highest BCUT2D eigenvalue weighted by molar-refractivity contribution is 5.87. The predicted molar refractivity (Wildman–Crippen MR) is 108 cm³/mol. The fraction of sp³-hybridized carbons (Fsp3) is 0.318. The number of rotatable bonds is 6. The zero-order chi connectivity index (χ0) is 18.6. The van der Waals surface area contributed by atoms with Crippen LogP contribution in [0.4, 0.5) is 0 Å². The first-order chi connectivity index (χ1) is 13.2. The molecule has 27 heavy (non-hydrogen) atoms. The highest BCUT2D eigenvalue weighted by Crippen LogP contribution is 2.29. The lowest BCUT2D eigenvalue weighted by Gasteiger charge is -2.22. The van der Waals surface area contributed by atoms with E-state index in [-0.39, 0.29) is 11.9 Å². The Morgan fingerprint density at radius 1 is 1.15 bits per heavy atom. The second-order valence-electron chi connectivity index (χ2n) is 7.30. The Morgan fingerprint density at radius 2 is 1.93 bits per heavy atom. The maximum absolute atomic E-state index is 12.8. The summed E-state index contributed by atoms with van der Waals surface area (Å²) in [5.74, 6) is 0.497. The Hall–Kier alpha value is -2.63. The van der Waals surface area contributed by atoms with Gasteiger partial charge in [0.05, 0.1) is 12.5 Å². The van der Waals surface area contributed by atoms with Crippen LogP contribution in [0.2, 0.25) is 0 Å². The van der Waals surface area contributed by atoms with Crippen LogP contribution in [0.5, 0.6) is 0 Å². The lowest BCUT2D eigenvalue weighted by Crippen LogP contribution is -2.36. The molecule has 1 aliphatic rings. The van der Waals surface area contributed by atoms with Crippen LogP contribution in [0, 0.1) is 5.92 Å². The smallest absolute Gasteiger partial charge is 0.222 e. The molecule has 3 N–H and O–H groups in total. The Morgan fingerprint density at radius 3 is 2.70 bits per heavy atom. The Bertz CT molecular complexity index is 900. The molecule has 1 saturated heterocycles. The molecule has 0 bridgehead atoms. The normalized spacial score (nSPS) is 20.6. The van der Waals surface area contributed by atoms with Gasteiger partial charge in [0.25, 0.3) is 0 Å². The van der Waals surface area contributed by atoms with E-state index >= 15 is 0 Å². The molecule has 0 radical (unpaired) electrons. The van der Waals surface area contributed by atoms with Crippen molar-refractivity contribution in [3.63, 3.8) is 0 Å². The van der Waals surface area contributed by atoms with E-state index < -0.39 is 0 Å². The number of hydrogen-bond acceptors (Lipinski definition) is 3. The Kier molecular flexibility index (Phi) is 5.23. The molecule has 1 amide bonds. The van der Waals surface area contributed by atoms with Crippen molar-refractivity contribution in [2.45, 2.75) is 25.4 Å². The van der Waals surface area contributed by atoms with E-state index in [4.69, 9.17) is 0 Å². The largest absolute Gasteiger partial charge is 0.356 e. The average Bonchev–Trinajstić information content (AvgIpc) is 3.36. The molecule has 0 saturated carbocycles. The summed E-state index contributed by atoms with van der Waals surface area (Å²) in [7, 11) is 0. The lowest BCUT2D eigenvalue weighted by atomic mass is 9.96. The molecule has 140 valence electrons. The van der Waals surface area contributed by atoms with Gasteiger partial charge in [-0.25, -0.2) is 0 Å². The van der Waals surface area contributed by atoms with Crippen LogP contribution in [-0.4, -0.2) is 29.6 Å². The first-order valence-corrected chi connectivity index (χ1v) is 9.57. The maximum atomic E-state index is 12.8. The van der Waals surface area contributed by atoms with Gasteiger partial charge >= 0.3 is 0 Å². The third-order valence-electron chi connectivity index (χ3n) is 5.51. The molecular weight excluding hydrogens is 336 g/mol. The molecular formula is C22H26N4O. The molecule has 1 aromatic heterocycles. The second-order valence-corrected chi connectivity index (χ2v) is 7.30. The number of carbonyl (C=O) groups is 1. The van der Waals surface area contributed by atoms with Crippen molar-refractivity contribution in [3.8, 4) is 0 Å². The molecule has 5 nitrogen and oxygen atoms in total. The molecule has 4 rings (SSSR count). The summed E-state index contributed by atoms with van der Waals surface area (Å²) < 4.78 is 2.13. The minimum Gasteiger partial charge on any atom is -0.356 e. The van der Waals surface area contributed by atoms with Crippen molar-refractivity contribution in [2.24, 2.45) is 5.92 Å². The topological polar surface area (TPSA) is 58.1 Å². The highest BCUT2D eigenvalue weighted by Gasteiger charge is 2.24. The van der Waals surface area contributed by atoms with Gasteiger partial charge in [-0.1, -0.05) is 42.5 Å². The van der Waals surface area contributed by atoms with Gasteiger partial charge < -0.3 is 9.88 Å². The number of carbonyl (C=O) groups excluding carboxylic acids is 1. The molecule has 3 atom stereocenters. The monoisotopic (exact) mass is 362 g/mol. The van der Waals surface area contributed by atoms with Gasteiger partial charge in [-0.2, -0.15) is 0 Å². The van der Waals surface area contributed by atoms with Crippen LogP contribution in [-0.2, 0) is 4.79 Å². The first kappa shape index (κ1) is 17.8. The average molecular weight is 362 g/mol. The van der Waals surface area contributed by atoms with Crippen LogP contribution in [0.25, 0.3) is 10.8 Å². The molecule has 1 fully saturated rings. The third-order valence-corrected chi connectivity index (χ3v) is 5.51. The van der Waals surface area contributed by atoms with Gasteiger partial charge in [0.15, 0.2) is 0 Å². The molecule has 2 heterocycles. The van der Waals surface area contributed by atoms with E-state index in [0.29, 0.717) is 24.9 Å². The number of benzene rings is 2. The first-order valence-electron chi connectivity index (χ1n) is 9.57.